The van der Waals surface area contributed by atoms with Gasteiger partial charge in [0.25, 0.3) is 0 Å². The minimum absolute atomic E-state index is 0.114. The summed E-state index contributed by atoms with van der Waals surface area (Å²) in [5.41, 5.74) is 0. The molecular formula is C11H22N2O5. The molecule has 0 aromatic rings. The molecule has 0 aliphatic carbocycles. The van der Waals surface area contributed by atoms with E-state index in [9.17, 15) is 14.7 Å². The number of urea groups is 1. The van der Waals surface area contributed by atoms with Crippen molar-refractivity contribution >= 4 is 12.0 Å². The predicted molar refractivity (Wildman–Crippen MR) is 65.4 cm³/mol. The highest BCUT2D eigenvalue weighted by Crippen LogP contribution is 1.99. The maximum atomic E-state index is 11.7. The monoisotopic (exact) mass is 262 g/mol. The third kappa shape index (κ3) is 7.08. The number of hydrogen-bond donors (Lipinski definition) is 3. The fourth-order valence-corrected chi connectivity index (χ4v) is 1.44. The maximum absolute atomic E-state index is 11.7. The average molecular weight is 262 g/mol. The van der Waals surface area contributed by atoms with Crippen molar-refractivity contribution in [1.82, 2.24) is 10.2 Å². The number of carbonyl (C=O) groups is 2. The molecular weight excluding hydrogens is 240 g/mol. The predicted octanol–water partition coefficient (Wildman–Crippen LogP) is -0.112. The second-order valence-corrected chi connectivity index (χ2v) is 4.14. The number of likely N-dealkylation sites (N-methyl/N-ethyl adjacent to an activating group) is 1. The first-order valence-electron chi connectivity index (χ1n) is 5.81. The van der Waals surface area contributed by atoms with Crippen molar-refractivity contribution in [2.75, 3.05) is 27.3 Å². The van der Waals surface area contributed by atoms with E-state index < -0.39 is 24.1 Å². The van der Waals surface area contributed by atoms with Crippen LogP contribution in [0.25, 0.3) is 0 Å². The summed E-state index contributed by atoms with van der Waals surface area (Å²) in [4.78, 5) is 23.6. The summed E-state index contributed by atoms with van der Waals surface area (Å²) < 4.78 is 4.75. The molecule has 7 nitrogen and oxygen atoms in total. The number of aliphatic carboxylic acids is 1. The third-order valence-corrected chi connectivity index (χ3v) is 2.43. The van der Waals surface area contributed by atoms with Crippen LogP contribution in [-0.2, 0) is 9.53 Å². The lowest BCUT2D eigenvalue weighted by atomic mass is 10.1. The van der Waals surface area contributed by atoms with Gasteiger partial charge in [-0.15, -0.1) is 0 Å². The molecule has 0 radical (unpaired) electrons. The standard InChI is InChI=1S/C11H22N2O5/c1-4-8(5-10(15)16)12-11(17)13(2)6-9(14)7-18-3/h8-9,14H,4-7H2,1-3H3,(H,12,17)(H,15,16). The van der Waals surface area contributed by atoms with E-state index in [0.717, 1.165) is 0 Å². The van der Waals surface area contributed by atoms with Gasteiger partial charge < -0.3 is 25.2 Å². The van der Waals surface area contributed by atoms with Gasteiger partial charge in [-0.05, 0) is 6.42 Å². The van der Waals surface area contributed by atoms with Crippen molar-refractivity contribution in [3.8, 4) is 0 Å². The Bertz CT molecular complexity index is 272. The van der Waals surface area contributed by atoms with Gasteiger partial charge in [-0.2, -0.15) is 0 Å². The van der Waals surface area contributed by atoms with Gasteiger partial charge in [-0.3, -0.25) is 4.79 Å². The summed E-state index contributed by atoms with van der Waals surface area (Å²) in [5, 5.41) is 20.7. The first-order chi connectivity index (χ1) is 8.40. The number of carboxylic acids is 1. The maximum Gasteiger partial charge on any atom is 0.317 e. The summed E-state index contributed by atoms with van der Waals surface area (Å²) in [5.74, 6) is -0.954. The highest BCUT2D eigenvalue weighted by atomic mass is 16.5. The number of methoxy groups -OCH3 is 1. The number of carbonyl (C=O) groups excluding carboxylic acids is 1. The Hall–Kier alpha value is -1.34. The largest absolute Gasteiger partial charge is 0.481 e. The minimum atomic E-state index is -0.954. The molecule has 0 saturated carbocycles. The van der Waals surface area contributed by atoms with Crippen LogP contribution in [0, 0.1) is 0 Å². The molecule has 0 aromatic carbocycles. The van der Waals surface area contributed by atoms with E-state index in [0.29, 0.717) is 6.42 Å². The van der Waals surface area contributed by atoms with Gasteiger partial charge in [0.05, 0.1) is 25.7 Å². The van der Waals surface area contributed by atoms with E-state index in [1.165, 1.54) is 19.1 Å². The van der Waals surface area contributed by atoms with Crippen LogP contribution in [0.1, 0.15) is 19.8 Å². The van der Waals surface area contributed by atoms with E-state index in [4.69, 9.17) is 9.84 Å². The quantitative estimate of drug-likeness (QED) is 0.567. The second kappa shape index (κ2) is 8.71. The topological polar surface area (TPSA) is 99.1 Å². The first-order valence-corrected chi connectivity index (χ1v) is 5.81. The molecule has 2 unspecified atom stereocenters. The molecule has 3 N–H and O–H groups in total. The van der Waals surface area contributed by atoms with Gasteiger partial charge in [0.15, 0.2) is 0 Å². The molecule has 18 heavy (non-hydrogen) atoms. The minimum Gasteiger partial charge on any atom is -0.481 e. The van der Waals surface area contributed by atoms with E-state index in [1.807, 2.05) is 0 Å². The zero-order chi connectivity index (χ0) is 14.1. The molecule has 7 heteroatoms. The normalized spacial score (nSPS) is 13.8. The highest BCUT2D eigenvalue weighted by Gasteiger charge is 2.18. The molecule has 0 fully saturated rings. The van der Waals surface area contributed by atoms with Crippen molar-refractivity contribution in [2.24, 2.45) is 0 Å². The average Bonchev–Trinajstić information content (AvgIpc) is 2.27. The lowest BCUT2D eigenvalue weighted by molar-refractivity contribution is -0.137. The summed E-state index contributed by atoms with van der Waals surface area (Å²) in [7, 11) is 2.99. The summed E-state index contributed by atoms with van der Waals surface area (Å²) in [6.07, 6.45) is -0.339. The molecule has 0 bridgehead atoms. The van der Waals surface area contributed by atoms with Crippen LogP contribution < -0.4 is 5.32 Å². The Morgan fingerprint density at radius 3 is 2.50 bits per heavy atom. The third-order valence-electron chi connectivity index (χ3n) is 2.43. The fourth-order valence-electron chi connectivity index (χ4n) is 1.44. The zero-order valence-electron chi connectivity index (χ0n) is 11.0. The number of aliphatic hydroxyl groups excluding tert-OH is 1. The Morgan fingerprint density at radius 1 is 1.44 bits per heavy atom. The molecule has 0 rings (SSSR count). The first kappa shape index (κ1) is 16.7. The van der Waals surface area contributed by atoms with Crippen LogP contribution in [0.3, 0.4) is 0 Å². The highest BCUT2D eigenvalue weighted by molar-refractivity contribution is 5.75. The molecule has 106 valence electrons. The number of hydrogen-bond acceptors (Lipinski definition) is 4. The van der Waals surface area contributed by atoms with E-state index in [-0.39, 0.29) is 19.6 Å². The number of amides is 2. The molecule has 0 spiro atoms. The van der Waals surface area contributed by atoms with Crippen LogP contribution in [-0.4, -0.2) is 66.6 Å². The Morgan fingerprint density at radius 2 is 2.06 bits per heavy atom. The summed E-state index contributed by atoms with van der Waals surface area (Å²) in [6.45, 7) is 2.07. The van der Waals surface area contributed by atoms with Gasteiger partial charge in [0.2, 0.25) is 0 Å². The Balaban J connectivity index is 4.16. The van der Waals surface area contributed by atoms with Gasteiger partial charge >= 0.3 is 12.0 Å². The summed E-state index contributed by atoms with van der Waals surface area (Å²) in [6, 6.07) is -0.810. The van der Waals surface area contributed by atoms with E-state index in [2.05, 4.69) is 5.32 Å². The number of nitrogens with one attached hydrogen (secondary N) is 1. The van der Waals surface area contributed by atoms with Crippen LogP contribution >= 0.6 is 0 Å². The fraction of sp³-hybridized carbons (Fsp3) is 0.818. The number of carboxylic acid groups (broad SMARTS) is 1. The molecule has 2 atom stereocenters. The lowest BCUT2D eigenvalue weighted by Crippen LogP contribution is -2.46. The van der Waals surface area contributed by atoms with Crippen molar-refractivity contribution in [2.45, 2.75) is 31.9 Å². The summed E-state index contributed by atoms with van der Waals surface area (Å²) >= 11 is 0. The SMILES string of the molecule is CCC(CC(=O)O)NC(=O)N(C)CC(O)COC. The molecule has 0 heterocycles. The zero-order valence-corrected chi connectivity index (χ0v) is 11.0. The number of nitrogens with zero attached hydrogens (tertiary/aromatic N) is 1. The van der Waals surface area contributed by atoms with Crippen molar-refractivity contribution in [3.05, 3.63) is 0 Å². The second-order valence-electron chi connectivity index (χ2n) is 4.14. The molecule has 0 aliphatic heterocycles. The van der Waals surface area contributed by atoms with Gasteiger partial charge in [-0.25, -0.2) is 4.79 Å². The Kier molecular flexibility index (Phi) is 8.06. The van der Waals surface area contributed by atoms with Gasteiger partial charge in [0.1, 0.15) is 0 Å². The van der Waals surface area contributed by atoms with E-state index in [1.54, 1.807) is 6.92 Å². The van der Waals surface area contributed by atoms with Crippen LogP contribution in [0.5, 0.6) is 0 Å². The van der Waals surface area contributed by atoms with Crippen LogP contribution in [0.15, 0.2) is 0 Å². The van der Waals surface area contributed by atoms with Crippen LogP contribution in [0.2, 0.25) is 0 Å². The van der Waals surface area contributed by atoms with E-state index >= 15 is 0 Å². The van der Waals surface area contributed by atoms with Crippen molar-refractivity contribution < 1.29 is 24.5 Å². The van der Waals surface area contributed by atoms with Gasteiger partial charge in [0, 0.05) is 20.2 Å². The van der Waals surface area contributed by atoms with Crippen LogP contribution in [0.4, 0.5) is 4.79 Å². The van der Waals surface area contributed by atoms with Crippen molar-refractivity contribution in [3.63, 3.8) is 0 Å². The smallest absolute Gasteiger partial charge is 0.317 e. The number of rotatable bonds is 8. The molecule has 0 aromatic heterocycles. The Labute approximate surface area is 107 Å². The lowest BCUT2D eigenvalue weighted by Gasteiger charge is -2.23. The van der Waals surface area contributed by atoms with Crippen molar-refractivity contribution in [1.29, 1.82) is 0 Å². The molecule has 0 aliphatic rings. The molecule has 0 saturated heterocycles. The number of ether oxygens (including phenoxy) is 1. The van der Waals surface area contributed by atoms with Gasteiger partial charge in [-0.1, -0.05) is 6.92 Å². The number of aliphatic hydroxyl groups is 1. The molecule has 2 amide bonds.